The fourth-order valence-corrected chi connectivity index (χ4v) is 5.57. The number of hydrogen-bond donors (Lipinski definition) is 0. The lowest BCUT2D eigenvalue weighted by Crippen LogP contribution is -2.77. The summed E-state index contributed by atoms with van der Waals surface area (Å²) in [6, 6.07) is 21.2. The predicted molar refractivity (Wildman–Crippen MR) is 152 cm³/mol. The van der Waals surface area contributed by atoms with Crippen LogP contribution in [0.3, 0.4) is 0 Å². The Bertz CT molecular complexity index is 1590. The SMILES string of the molecule is COC(=O)N(C(=O)[O-])[N+](C(=O)c1c(CBr)c(-c2ccccc2)nc2c(F)cccc12)(c1ccccc1)C(C)(C)C. The number of aromatic nitrogens is 1. The molecule has 0 aliphatic carbocycles. The first-order valence-electron chi connectivity index (χ1n) is 12.3. The summed E-state index contributed by atoms with van der Waals surface area (Å²) < 4.78 is 19.0. The third kappa shape index (κ3) is 4.63. The number of benzene rings is 3. The van der Waals surface area contributed by atoms with E-state index in [-0.39, 0.29) is 32.5 Å². The minimum Gasteiger partial charge on any atom is -0.526 e. The van der Waals surface area contributed by atoms with Crippen LogP contribution in [0.1, 0.15) is 36.7 Å². The van der Waals surface area contributed by atoms with Gasteiger partial charge in [0.25, 0.3) is 0 Å². The Labute approximate surface area is 239 Å². The normalized spacial score (nSPS) is 12.9. The van der Waals surface area contributed by atoms with Crippen LogP contribution < -0.4 is 9.70 Å². The van der Waals surface area contributed by atoms with E-state index in [0.29, 0.717) is 16.8 Å². The van der Waals surface area contributed by atoms with Crippen LogP contribution >= 0.6 is 15.9 Å². The summed E-state index contributed by atoms with van der Waals surface area (Å²) in [5.74, 6) is -1.49. The first-order valence-corrected chi connectivity index (χ1v) is 13.4. The van der Waals surface area contributed by atoms with Gasteiger partial charge in [-0.3, -0.25) is 0 Å². The highest BCUT2D eigenvalue weighted by Crippen LogP contribution is 2.42. The van der Waals surface area contributed by atoms with Crippen molar-refractivity contribution < 1.29 is 28.6 Å². The number of ether oxygens (including phenoxy) is 1. The maximum absolute atomic E-state index is 15.3. The quantitative estimate of drug-likeness (QED) is 0.155. The molecule has 8 nitrogen and oxygen atoms in total. The molecule has 0 N–H and O–H groups in total. The highest BCUT2D eigenvalue weighted by molar-refractivity contribution is 9.08. The third-order valence-electron chi connectivity index (χ3n) is 6.68. The number of imide groups is 1. The average molecular weight is 608 g/mol. The number of methoxy groups -OCH3 is 1. The highest BCUT2D eigenvalue weighted by Gasteiger charge is 2.59. The second-order valence-corrected chi connectivity index (χ2v) is 10.5. The molecule has 3 aromatic carbocycles. The van der Waals surface area contributed by atoms with Gasteiger partial charge in [0.2, 0.25) is 6.09 Å². The lowest BCUT2D eigenvalue weighted by Gasteiger charge is -2.49. The number of amides is 3. The lowest BCUT2D eigenvalue weighted by molar-refractivity contribution is -0.275. The number of para-hydroxylation sites is 2. The number of halogens is 2. The number of fused-ring (bicyclic) bond motifs is 1. The number of alkyl halides is 1. The summed E-state index contributed by atoms with van der Waals surface area (Å²) in [6.45, 7) is 4.85. The summed E-state index contributed by atoms with van der Waals surface area (Å²) >= 11 is 3.48. The van der Waals surface area contributed by atoms with Crippen molar-refractivity contribution in [3.8, 4) is 11.3 Å². The molecule has 206 valence electrons. The van der Waals surface area contributed by atoms with E-state index in [9.17, 15) is 14.7 Å². The van der Waals surface area contributed by atoms with Gasteiger partial charge < -0.3 is 14.6 Å². The van der Waals surface area contributed by atoms with Gasteiger partial charge in [-0.2, -0.15) is 0 Å². The molecule has 0 aliphatic heterocycles. The number of quaternary nitrogens is 1. The number of carbonyl (C=O) groups is 3. The fraction of sp³-hybridized carbons (Fsp3) is 0.200. The van der Waals surface area contributed by atoms with E-state index in [0.717, 1.165) is 7.11 Å². The minimum absolute atomic E-state index is 0.00541. The molecule has 4 rings (SSSR count). The summed E-state index contributed by atoms with van der Waals surface area (Å²) in [5, 5.41) is 13.3. The van der Waals surface area contributed by atoms with E-state index in [4.69, 9.17) is 4.74 Å². The largest absolute Gasteiger partial charge is 0.526 e. The summed E-state index contributed by atoms with van der Waals surface area (Å²) in [7, 11) is 1.01. The molecule has 0 radical (unpaired) electrons. The highest BCUT2D eigenvalue weighted by atomic mass is 79.9. The van der Waals surface area contributed by atoms with E-state index in [1.807, 2.05) is 6.07 Å². The molecular formula is C30H27BrFN3O5. The first kappa shape index (κ1) is 28.8. The van der Waals surface area contributed by atoms with Crippen LogP contribution in [0.25, 0.3) is 22.2 Å². The molecule has 0 fully saturated rings. The number of hydrogen-bond acceptors (Lipinski definition) is 6. The van der Waals surface area contributed by atoms with Crippen molar-refractivity contribution in [3.63, 3.8) is 0 Å². The van der Waals surface area contributed by atoms with Gasteiger partial charge in [-0.25, -0.2) is 19.0 Å². The van der Waals surface area contributed by atoms with Gasteiger partial charge in [0.05, 0.1) is 18.4 Å². The van der Waals surface area contributed by atoms with Crippen molar-refractivity contribution >= 4 is 50.6 Å². The number of rotatable bonds is 4. The van der Waals surface area contributed by atoms with Gasteiger partial charge in [-0.1, -0.05) is 81.6 Å². The van der Waals surface area contributed by atoms with Crippen molar-refractivity contribution in [2.24, 2.45) is 0 Å². The lowest BCUT2D eigenvalue weighted by atomic mass is 9.93. The maximum atomic E-state index is 15.3. The van der Waals surface area contributed by atoms with Gasteiger partial charge in [0.1, 0.15) is 16.9 Å². The van der Waals surface area contributed by atoms with Crippen LogP contribution in [-0.4, -0.2) is 40.7 Å². The van der Waals surface area contributed by atoms with Crippen LogP contribution in [0, 0.1) is 5.82 Å². The Morgan fingerprint density at radius 1 is 0.975 bits per heavy atom. The van der Waals surface area contributed by atoms with E-state index in [1.54, 1.807) is 69.3 Å². The topological polar surface area (TPSA) is 99.6 Å². The van der Waals surface area contributed by atoms with Crippen molar-refractivity contribution in [1.29, 1.82) is 0 Å². The minimum atomic E-state index is -1.95. The van der Waals surface area contributed by atoms with E-state index >= 15 is 9.18 Å². The number of carbonyl (C=O) groups excluding carboxylic acids is 3. The molecule has 4 aromatic rings. The van der Waals surface area contributed by atoms with Gasteiger partial charge >= 0.3 is 12.0 Å². The molecule has 0 bridgehead atoms. The van der Waals surface area contributed by atoms with Gasteiger partial charge in [0.15, 0.2) is 5.69 Å². The Kier molecular flexibility index (Phi) is 8.04. The molecule has 0 saturated heterocycles. The Morgan fingerprint density at radius 2 is 1.57 bits per heavy atom. The summed E-state index contributed by atoms with van der Waals surface area (Å²) in [4.78, 5) is 45.7. The van der Waals surface area contributed by atoms with Crippen LogP contribution in [-0.2, 0) is 10.1 Å². The fourth-order valence-electron chi connectivity index (χ4n) is 5.03. The predicted octanol–water partition coefficient (Wildman–Crippen LogP) is 6.21. The van der Waals surface area contributed by atoms with Gasteiger partial charge in [-0.05, 0) is 26.8 Å². The molecule has 40 heavy (non-hydrogen) atoms. The molecule has 0 saturated carbocycles. The second-order valence-electron chi connectivity index (χ2n) is 9.94. The van der Waals surface area contributed by atoms with E-state index < -0.39 is 34.0 Å². The summed E-state index contributed by atoms with van der Waals surface area (Å²) in [6.07, 6.45) is -3.27. The van der Waals surface area contributed by atoms with Crippen molar-refractivity contribution in [2.45, 2.75) is 31.6 Å². The smallest absolute Gasteiger partial charge is 0.461 e. The van der Waals surface area contributed by atoms with Crippen LogP contribution in [0.4, 0.5) is 19.7 Å². The third-order valence-corrected chi connectivity index (χ3v) is 7.24. The number of nitrogens with zero attached hydrogens (tertiary/aromatic N) is 3. The molecule has 10 heteroatoms. The molecular weight excluding hydrogens is 581 g/mol. The molecule has 1 aromatic heterocycles. The Balaban J connectivity index is 2.25. The molecule has 1 atom stereocenters. The van der Waals surface area contributed by atoms with Crippen LogP contribution in [0.2, 0.25) is 0 Å². The molecule has 1 heterocycles. The zero-order chi connectivity index (χ0) is 29.2. The standard InChI is InChI=1S/C30H27BrFN3O5/c1-30(2,3)35(20-14-9-6-10-15-20,34(28(37)38)29(39)40-4)27(36)24-21-16-11-17-23(32)26(21)33-25(22(24)18-31)19-12-7-5-8-13-19/h5-17H,18H2,1-4H3. The molecule has 3 amide bonds. The van der Waals surface area contributed by atoms with E-state index in [2.05, 4.69) is 20.9 Å². The summed E-state index contributed by atoms with van der Waals surface area (Å²) in [5.41, 5.74) is 0.0946. The Hall–Kier alpha value is -4.15. The number of pyridine rings is 1. The molecule has 0 aliphatic rings. The zero-order valence-corrected chi connectivity index (χ0v) is 23.9. The maximum Gasteiger partial charge on any atom is 0.461 e. The first-order chi connectivity index (χ1) is 19.0. The van der Waals surface area contributed by atoms with Crippen molar-refractivity contribution in [1.82, 2.24) is 14.6 Å². The van der Waals surface area contributed by atoms with Gasteiger partial charge in [0, 0.05) is 34.0 Å². The van der Waals surface area contributed by atoms with E-state index in [1.165, 1.54) is 24.3 Å². The molecule has 0 spiro atoms. The zero-order valence-electron chi connectivity index (χ0n) is 22.4. The Morgan fingerprint density at radius 3 is 2.10 bits per heavy atom. The monoisotopic (exact) mass is 607 g/mol. The molecule has 1 unspecified atom stereocenters. The van der Waals surface area contributed by atoms with Crippen molar-refractivity contribution in [3.05, 3.63) is 95.8 Å². The van der Waals surface area contributed by atoms with Crippen LogP contribution in [0.15, 0.2) is 78.9 Å². The number of carboxylic acid groups (broad SMARTS) is 1. The average Bonchev–Trinajstić information content (AvgIpc) is 2.94. The van der Waals surface area contributed by atoms with Crippen LogP contribution in [0.5, 0.6) is 0 Å². The second kappa shape index (κ2) is 11.1. The van der Waals surface area contributed by atoms with Gasteiger partial charge in [-0.15, -0.1) is 4.59 Å². The van der Waals surface area contributed by atoms with Crippen molar-refractivity contribution in [2.75, 3.05) is 7.11 Å².